The van der Waals surface area contributed by atoms with Crippen LogP contribution in [0, 0.1) is 6.92 Å². The Morgan fingerprint density at radius 3 is 2.33 bits per heavy atom. The molecule has 4 aromatic rings. The van der Waals surface area contributed by atoms with E-state index in [9.17, 15) is 9.59 Å². The topological polar surface area (TPSA) is 76.7 Å². The minimum absolute atomic E-state index is 0.0818. The van der Waals surface area contributed by atoms with E-state index >= 15 is 0 Å². The molecule has 1 aromatic heterocycles. The van der Waals surface area contributed by atoms with Gasteiger partial charge in [0.05, 0.1) is 12.8 Å². The summed E-state index contributed by atoms with van der Waals surface area (Å²) in [5.41, 5.74) is 1.91. The van der Waals surface area contributed by atoms with Gasteiger partial charge in [0, 0.05) is 15.5 Å². The molecule has 2 N–H and O–H groups in total. The van der Waals surface area contributed by atoms with E-state index in [1.807, 2.05) is 36.6 Å². The SMILES string of the molecule is COc1ccc(Oc2ccc(Cl)cc2NC(=O)/C(=C/c2cccs2)NC(=O)c2ccc(C)cc2)cc1. The van der Waals surface area contributed by atoms with Crippen molar-refractivity contribution in [1.82, 2.24) is 5.32 Å². The standard InChI is InChI=1S/C28H23ClN2O4S/c1-18-5-7-19(8-6-18)27(32)31-25(17-23-4-3-15-36-23)28(33)30-24-16-20(29)9-14-26(24)35-22-12-10-21(34-2)11-13-22/h3-17H,1-2H3,(H,30,33)(H,31,32)/b25-17-. The molecular weight excluding hydrogens is 496 g/mol. The Balaban J connectivity index is 1.59. The summed E-state index contributed by atoms with van der Waals surface area (Å²) in [5, 5.41) is 7.86. The van der Waals surface area contributed by atoms with Crippen LogP contribution in [0.25, 0.3) is 6.08 Å². The maximum atomic E-state index is 13.4. The van der Waals surface area contributed by atoms with Crippen molar-refractivity contribution in [2.24, 2.45) is 0 Å². The number of benzene rings is 3. The van der Waals surface area contributed by atoms with Crippen molar-refractivity contribution >= 4 is 46.5 Å². The lowest BCUT2D eigenvalue weighted by atomic mass is 10.1. The normalized spacial score (nSPS) is 11.0. The number of halogens is 1. The van der Waals surface area contributed by atoms with Crippen LogP contribution in [0.2, 0.25) is 5.02 Å². The highest BCUT2D eigenvalue weighted by atomic mass is 35.5. The van der Waals surface area contributed by atoms with E-state index in [0.29, 0.717) is 33.5 Å². The molecule has 0 atom stereocenters. The number of nitrogens with one attached hydrogen (secondary N) is 2. The molecule has 2 amide bonds. The second-order valence-corrected chi connectivity index (χ2v) is 9.18. The molecule has 0 fully saturated rings. The van der Waals surface area contributed by atoms with Crippen LogP contribution in [0.15, 0.2) is 89.9 Å². The summed E-state index contributed by atoms with van der Waals surface area (Å²) in [6.45, 7) is 1.94. The molecule has 0 aliphatic heterocycles. The van der Waals surface area contributed by atoms with Gasteiger partial charge in [-0.2, -0.15) is 0 Å². The Hall–Kier alpha value is -4.07. The minimum atomic E-state index is -0.522. The van der Waals surface area contributed by atoms with E-state index in [0.717, 1.165) is 10.4 Å². The summed E-state index contributed by atoms with van der Waals surface area (Å²) in [6.07, 6.45) is 1.63. The van der Waals surface area contributed by atoms with E-state index in [2.05, 4.69) is 10.6 Å². The first-order valence-electron chi connectivity index (χ1n) is 11.0. The number of hydrogen-bond donors (Lipinski definition) is 2. The summed E-state index contributed by atoms with van der Waals surface area (Å²) < 4.78 is 11.2. The lowest BCUT2D eigenvalue weighted by molar-refractivity contribution is -0.113. The Morgan fingerprint density at radius 1 is 0.944 bits per heavy atom. The fourth-order valence-corrected chi connectivity index (χ4v) is 4.05. The van der Waals surface area contributed by atoms with Crippen molar-refractivity contribution < 1.29 is 19.1 Å². The summed E-state index contributed by atoms with van der Waals surface area (Å²) in [6, 6.07) is 22.8. The van der Waals surface area contributed by atoms with Crippen molar-refractivity contribution in [3.05, 3.63) is 111 Å². The predicted molar refractivity (Wildman–Crippen MR) is 144 cm³/mol. The molecule has 6 nitrogen and oxygen atoms in total. The Morgan fingerprint density at radius 2 is 1.67 bits per heavy atom. The van der Waals surface area contributed by atoms with E-state index in [1.54, 1.807) is 67.8 Å². The maximum absolute atomic E-state index is 13.4. The van der Waals surface area contributed by atoms with Crippen molar-refractivity contribution in [2.45, 2.75) is 6.92 Å². The number of anilines is 1. The lowest BCUT2D eigenvalue weighted by Crippen LogP contribution is -2.30. The van der Waals surface area contributed by atoms with Crippen molar-refractivity contribution in [3.63, 3.8) is 0 Å². The smallest absolute Gasteiger partial charge is 0.272 e. The van der Waals surface area contributed by atoms with Crippen LogP contribution in [0.4, 0.5) is 5.69 Å². The molecule has 36 heavy (non-hydrogen) atoms. The van der Waals surface area contributed by atoms with Crippen LogP contribution >= 0.6 is 22.9 Å². The first-order chi connectivity index (χ1) is 17.4. The Kier molecular flexibility index (Phi) is 8.05. The van der Waals surface area contributed by atoms with Crippen molar-refractivity contribution in [1.29, 1.82) is 0 Å². The Labute approximate surface area is 218 Å². The molecule has 1 heterocycles. The summed E-state index contributed by atoms with van der Waals surface area (Å²) >= 11 is 7.65. The first-order valence-corrected chi connectivity index (χ1v) is 12.2. The van der Waals surface area contributed by atoms with Gasteiger partial charge in [-0.3, -0.25) is 9.59 Å². The van der Waals surface area contributed by atoms with Gasteiger partial charge in [0.15, 0.2) is 5.75 Å². The average molecular weight is 519 g/mol. The number of methoxy groups -OCH3 is 1. The molecule has 0 radical (unpaired) electrons. The maximum Gasteiger partial charge on any atom is 0.272 e. The molecule has 0 spiro atoms. The second kappa shape index (κ2) is 11.6. The fraction of sp³-hybridized carbons (Fsp3) is 0.0714. The van der Waals surface area contributed by atoms with Gasteiger partial charge in [-0.25, -0.2) is 0 Å². The number of hydrogen-bond acceptors (Lipinski definition) is 5. The minimum Gasteiger partial charge on any atom is -0.497 e. The molecule has 0 unspecified atom stereocenters. The number of carbonyl (C=O) groups excluding carboxylic acids is 2. The largest absolute Gasteiger partial charge is 0.497 e. The molecule has 0 saturated heterocycles. The quantitative estimate of drug-likeness (QED) is 0.248. The fourth-order valence-electron chi connectivity index (χ4n) is 3.22. The van der Waals surface area contributed by atoms with Gasteiger partial charge in [-0.15, -0.1) is 11.3 Å². The molecule has 0 bridgehead atoms. The molecule has 0 aliphatic rings. The first kappa shape index (κ1) is 25.0. The van der Waals surface area contributed by atoms with Crippen molar-refractivity contribution in [2.75, 3.05) is 12.4 Å². The highest BCUT2D eigenvalue weighted by Gasteiger charge is 2.18. The number of carbonyl (C=O) groups is 2. The van der Waals surface area contributed by atoms with Crippen LogP contribution < -0.4 is 20.1 Å². The van der Waals surface area contributed by atoms with Gasteiger partial charge >= 0.3 is 0 Å². The molecule has 0 aliphatic carbocycles. The van der Waals surface area contributed by atoms with E-state index in [1.165, 1.54) is 11.3 Å². The number of thiophene rings is 1. The molecular formula is C28H23ClN2O4S. The van der Waals surface area contributed by atoms with Gasteiger partial charge in [-0.05, 0) is 79.0 Å². The number of aryl methyl sites for hydroxylation is 1. The molecule has 182 valence electrons. The van der Waals surface area contributed by atoms with Crippen LogP contribution in [-0.2, 0) is 4.79 Å². The molecule has 3 aromatic carbocycles. The van der Waals surface area contributed by atoms with Crippen LogP contribution in [0.5, 0.6) is 17.2 Å². The van der Waals surface area contributed by atoms with Gasteiger partial charge in [0.25, 0.3) is 11.8 Å². The third-order valence-corrected chi connectivity index (χ3v) is 6.17. The third kappa shape index (κ3) is 6.53. The lowest BCUT2D eigenvalue weighted by Gasteiger charge is -2.15. The summed E-state index contributed by atoms with van der Waals surface area (Å²) in [4.78, 5) is 27.0. The summed E-state index contributed by atoms with van der Waals surface area (Å²) in [5.74, 6) is 0.716. The number of ether oxygens (including phenoxy) is 2. The zero-order valence-corrected chi connectivity index (χ0v) is 21.2. The predicted octanol–water partition coefficient (Wildman–Crippen LogP) is 6.92. The van der Waals surface area contributed by atoms with Crippen molar-refractivity contribution in [3.8, 4) is 17.2 Å². The zero-order valence-electron chi connectivity index (χ0n) is 19.6. The van der Waals surface area contributed by atoms with Crippen LogP contribution in [-0.4, -0.2) is 18.9 Å². The average Bonchev–Trinajstić information content (AvgIpc) is 3.39. The van der Waals surface area contributed by atoms with E-state index < -0.39 is 11.8 Å². The molecule has 0 saturated carbocycles. The van der Waals surface area contributed by atoms with Gasteiger partial charge in [0.2, 0.25) is 0 Å². The molecule has 4 rings (SSSR count). The van der Waals surface area contributed by atoms with Gasteiger partial charge in [0.1, 0.15) is 17.2 Å². The highest BCUT2D eigenvalue weighted by Crippen LogP contribution is 2.33. The summed E-state index contributed by atoms with van der Waals surface area (Å²) in [7, 11) is 1.58. The van der Waals surface area contributed by atoms with Crippen LogP contribution in [0.1, 0.15) is 20.8 Å². The van der Waals surface area contributed by atoms with Gasteiger partial charge < -0.3 is 20.1 Å². The zero-order chi connectivity index (χ0) is 25.5. The Bertz CT molecular complexity index is 1380. The monoisotopic (exact) mass is 518 g/mol. The molecule has 8 heteroatoms. The van der Waals surface area contributed by atoms with Gasteiger partial charge in [-0.1, -0.05) is 35.4 Å². The van der Waals surface area contributed by atoms with E-state index in [4.69, 9.17) is 21.1 Å². The number of rotatable bonds is 8. The third-order valence-electron chi connectivity index (χ3n) is 5.11. The number of amides is 2. The van der Waals surface area contributed by atoms with Crippen LogP contribution in [0.3, 0.4) is 0 Å². The second-order valence-electron chi connectivity index (χ2n) is 7.77. The highest BCUT2D eigenvalue weighted by molar-refractivity contribution is 7.10. The van der Waals surface area contributed by atoms with E-state index in [-0.39, 0.29) is 5.70 Å².